The Morgan fingerprint density at radius 3 is 2.58 bits per heavy atom. The summed E-state index contributed by atoms with van der Waals surface area (Å²) in [5.41, 5.74) is 2.91. The fourth-order valence-electron chi connectivity index (χ4n) is 4.84. The van der Waals surface area contributed by atoms with Gasteiger partial charge in [-0.2, -0.15) is 0 Å². The molecule has 1 aromatic heterocycles. The van der Waals surface area contributed by atoms with Gasteiger partial charge in [0.05, 0.1) is 0 Å². The molecule has 2 aliphatic heterocycles. The highest BCUT2D eigenvalue weighted by molar-refractivity contribution is 7.15. The minimum Gasteiger partial charge on any atom is -0.457 e. The molecular weight excluding hydrogens is 528 g/mol. The van der Waals surface area contributed by atoms with E-state index in [0.717, 1.165) is 16.9 Å². The van der Waals surface area contributed by atoms with E-state index in [1.165, 1.54) is 21.8 Å². The molecular formula is C30H24N4O5S. The smallest absolute Gasteiger partial charge is 0.257 e. The number of aromatic nitrogens is 1. The number of thiazole rings is 1. The van der Waals surface area contributed by atoms with E-state index in [-0.39, 0.29) is 30.7 Å². The summed E-state index contributed by atoms with van der Waals surface area (Å²) in [7, 11) is 0. The first kappa shape index (κ1) is 25.4. The van der Waals surface area contributed by atoms with Crippen molar-refractivity contribution >= 4 is 40.1 Å². The van der Waals surface area contributed by atoms with Gasteiger partial charge in [-0.05, 0) is 60.0 Å². The summed E-state index contributed by atoms with van der Waals surface area (Å²) in [6.07, 6.45) is 3.05. The van der Waals surface area contributed by atoms with E-state index in [0.29, 0.717) is 34.2 Å². The van der Waals surface area contributed by atoms with Crippen molar-refractivity contribution in [1.82, 2.24) is 15.2 Å². The lowest BCUT2D eigenvalue weighted by Gasteiger charge is -2.29. The Kier molecular flexibility index (Phi) is 6.83. The number of hydrogen-bond acceptors (Lipinski definition) is 7. The quantitative estimate of drug-likeness (QED) is 0.325. The maximum atomic E-state index is 12.9. The van der Waals surface area contributed by atoms with Gasteiger partial charge >= 0.3 is 0 Å². The Hall–Kier alpha value is -4.83. The third-order valence-corrected chi connectivity index (χ3v) is 7.76. The zero-order valence-corrected chi connectivity index (χ0v) is 22.1. The van der Waals surface area contributed by atoms with Crippen molar-refractivity contribution in [1.29, 1.82) is 0 Å². The van der Waals surface area contributed by atoms with E-state index < -0.39 is 11.9 Å². The van der Waals surface area contributed by atoms with E-state index in [2.05, 4.69) is 27.8 Å². The van der Waals surface area contributed by atoms with Crippen LogP contribution in [0.15, 0.2) is 79.0 Å². The molecule has 9 nitrogen and oxygen atoms in total. The summed E-state index contributed by atoms with van der Waals surface area (Å²) in [4.78, 5) is 56.2. The maximum Gasteiger partial charge on any atom is 0.257 e. The molecule has 10 heteroatoms. The van der Waals surface area contributed by atoms with E-state index in [1.807, 2.05) is 18.2 Å². The highest BCUT2D eigenvalue weighted by atomic mass is 32.1. The van der Waals surface area contributed by atoms with Gasteiger partial charge < -0.3 is 9.64 Å². The number of imide groups is 1. The van der Waals surface area contributed by atoms with Crippen LogP contribution in [0.3, 0.4) is 0 Å². The predicted molar refractivity (Wildman–Crippen MR) is 148 cm³/mol. The molecule has 2 N–H and O–H groups in total. The first-order valence-corrected chi connectivity index (χ1v) is 13.6. The van der Waals surface area contributed by atoms with Crippen molar-refractivity contribution in [3.05, 3.63) is 106 Å². The Morgan fingerprint density at radius 2 is 1.80 bits per heavy atom. The van der Waals surface area contributed by atoms with Gasteiger partial charge in [-0.1, -0.05) is 30.3 Å². The average Bonchev–Trinajstić information content (AvgIpc) is 3.52. The van der Waals surface area contributed by atoms with Crippen LogP contribution in [-0.2, 0) is 22.6 Å². The molecule has 0 spiro atoms. The Balaban J connectivity index is 1.07. The number of nitrogens with zero attached hydrogens (tertiary/aromatic N) is 2. The highest BCUT2D eigenvalue weighted by Gasteiger charge is 2.39. The monoisotopic (exact) mass is 552 g/mol. The number of anilines is 1. The zero-order valence-electron chi connectivity index (χ0n) is 21.3. The van der Waals surface area contributed by atoms with Crippen molar-refractivity contribution in [2.24, 2.45) is 0 Å². The normalized spacial score (nSPS) is 16.4. The molecule has 1 saturated heterocycles. The first-order chi connectivity index (χ1) is 19.4. The topological polar surface area (TPSA) is 118 Å². The summed E-state index contributed by atoms with van der Waals surface area (Å²) < 4.78 is 5.97. The molecule has 40 heavy (non-hydrogen) atoms. The van der Waals surface area contributed by atoms with Gasteiger partial charge in [0.15, 0.2) is 5.13 Å². The molecule has 2 aliphatic rings. The van der Waals surface area contributed by atoms with Crippen LogP contribution in [0.1, 0.15) is 49.6 Å². The predicted octanol–water partition coefficient (Wildman–Crippen LogP) is 4.54. The van der Waals surface area contributed by atoms with Crippen LogP contribution < -0.4 is 15.4 Å². The Bertz CT molecular complexity index is 1620. The van der Waals surface area contributed by atoms with E-state index in [1.54, 1.807) is 48.7 Å². The van der Waals surface area contributed by atoms with E-state index in [9.17, 15) is 19.2 Å². The molecule has 6 rings (SSSR count). The number of hydrogen-bond donors (Lipinski definition) is 2. The summed E-state index contributed by atoms with van der Waals surface area (Å²) in [6, 6.07) is 21.3. The molecule has 200 valence electrons. The van der Waals surface area contributed by atoms with E-state index in [4.69, 9.17) is 4.74 Å². The second-order valence-corrected chi connectivity index (χ2v) is 10.7. The minimum absolute atomic E-state index is 0.206. The highest BCUT2D eigenvalue weighted by Crippen LogP contribution is 2.32. The molecule has 3 aromatic carbocycles. The Morgan fingerprint density at radius 1 is 1.02 bits per heavy atom. The molecule has 4 aromatic rings. The molecule has 4 amide bonds. The van der Waals surface area contributed by atoms with Crippen LogP contribution in [-0.4, -0.2) is 39.6 Å². The zero-order chi connectivity index (χ0) is 27.6. The number of nitrogens with one attached hydrogen (secondary N) is 2. The summed E-state index contributed by atoms with van der Waals surface area (Å²) >= 11 is 1.44. The van der Waals surface area contributed by atoms with Gasteiger partial charge in [0.25, 0.3) is 11.8 Å². The number of carbonyl (C=O) groups excluding carboxylic acids is 4. The lowest BCUT2D eigenvalue weighted by molar-refractivity contribution is -0.136. The lowest BCUT2D eigenvalue weighted by atomic mass is 10.0. The van der Waals surface area contributed by atoms with Crippen LogP contribution in [0.25, 0.3) is 0 Å². The average molecular weight is 553 g/mol. The van der Waals surface area contributed by atoms with Gasteiger partial charge in [-0.15, -0.1) is 11.3 Å². The van der Waals surface area contributed by atoms with Gasteiger partial charge in [-0.3, -0.25) is 29.8 Å². The second kappa shape index (κ2) is 10.7. The maximum absolute atomic E-state index is 12.9. The van der Waals surface area contributed by atoms with Gasteiger partial charge in [0, 0.05) is 41.6 Å². The number of amides is 4. The molecule has 0 saturated carbocycles. The molecule has 0 radical (unpaired) electrons. The third kappa shape index (κ3) is 5.34. The van der Waals surface area contributed by atoms with Crippen LogP contribution in [0.4, 0.5) is 5.13 Å². The molecule has 1 atom stereocenters. The summed E-state index contributed by atoms with van der Waals surface area (Å²) in [5, 5.41) is 5.69. The largest absolute Gasteiger partial charge is 0.457 e. The number of fused-ring (bicyclic) bond motifs is 1. The third-order valence-electron chi connectivity index (χ3n) is 6.84. The minimum atomic E-state index is -0.666. The van der Waals surface area contributed by atoms with Gasteiger partial charge in [0.2, 0.25) is 11.8 Å². The molecule has 1 fully saturated rings. The summed E-state index contributed by atoms with van der Waals surface area (Å²) in [6.45, 7) is 0.264. The fraction of sp³-hybridized carbons (Fsp3) is 0.167. The SMILES string of the molecule is O=C1CCC(N2Cc3cc(Oc4ccc(C(=O)Nc5ncc(Cc6ccccc6)s5)cc4)ccc3C2=O)C(=O)N1. The van der Waals surface area contributed by atoms with Gasteiger partial charge in [0.1, 0.15) is 17.5 Å². The van der Waals surface area contributed by atoms with E-state index >= 15 is 0 Å². The van der Waals surface area contributed by atoms with Crippen LogP contribution in [0.5, 0.6) is 11.5 Å². The number of ether oxygens (including phenoxy) is 1. The van der Waals surface area contributed by atoms with Gasteiger partial charge in [-0.25, -0.2) is 4.98 Å². The van der Waals surface area contributed by atoms with Crippen molar-refractivity contribution in [3.63, 3.8) is 0 Å². The molecule has 1 unspecified atom stereocenters. The standard InChI is InChI=1S/C30H24N4O5S/c35-26-13-12-25(28(37)32-26)34-17-20-15-22(10-11-24(20)29(34)38)39-21-8-6-19(7-9-21)27(36)33-30-31-16-23(40-30)14-18-4-2-1-3-5-18/h1-11,15-16,25H,12-14,17H2,(H,31,33,36)(H,32,35,37). The van der Waals surface area contributed by atoms with Crippen molar-refractivity contribution in [2.75, 3.05) is 5.32 Å². The number of piperidine rings is 1. The van der Waals surface area contributed by atoms with Crippen molar-refractivity contribution in [2.45, 2.75) is 31.8 Å². The summed E-state index contributed by atoms with van der Waals surface area (Å²) in [5.74, 6) is -0.207. The molecule has 0 aliphatic carbocycles. The fourth-order valence-corrected chi connectivity index (χ4v) is 5.68. The molecule has 0 bridgehead atoms. The second-order valence-electron chi connectivity index (χ2n) is 9.59. The van der Waals surface area contributed by atoms with Crippen LogP contribution >= 0.6 is 11.3 Å². The lowest BCUT2D eigenvalue weighted by Crippen LogP contribution is -2.52. The number of carbonyl (C=O) groups is 4. The van der Waals surface area contributed by atoms with Crippen LogP contribution in [0, 0.1) is 0 Å². The van der Waals surface area contributed by atoms with Crippen LogP contribution in [0.2, 0.25) is 0 Å². The first-order valence-electron chi connectivity index (χ1n) is 12.8. The Labute approximate surface area is 233 Å². The van der Waals surface area contributed by atoms with Crippen molar-refractivity contribution < 1.29 is 23.9 Å². The number of rotatable bonds is 7. The molecule has 3 heterocycles. The van der Waals surface area contributed by atoms with Crippen molar-refractivity contribution in [3.8, 4) is 11.5 Å². The number of benzene rings is 3.